The Morgan fingerprint density at radius 3 is 2.70 bits per heavy atom. The predicted molar refractivity (Wildman–Crippen MR) is 83.0 cm³/mol. The van der Waals surface area contributed by atoms with Gasteiger partial charge < -0.3 is 10.6 Å². The first-order chi connectivity index (χ1) is 9.72. The number of hydrogen-bond acceptors (Lipinski definition) is 2. The number of amides is 1. The van der Waals surface area contributed by atoms with E-state index in [1.807, 2.05) is 31.3 Å². The van der Waals surface area contributed by atoms with E-state index in [4.69, 9.17) is 0 Å². The van der Waals surface area contributed by atoms with Crippen molar-refractivity contribution in [3.63, 3.8) is 0 Å². The number of carbonyl (C=O) groups is 1. The molecule has 2 N–H and O–H groups in total. The highest BCUT2D eigenvalue weighted by Gasteiger charge is 2.23. The minimum atomic E-state index is 0.0797. The molecule has 1 atom stereocenters. The predicted octanol–water partition coefficient (Wildman–Crippen LogP) is 2.76. The highest BCUT2D eigenvalue weighted by atomic mass is 16.1. The standard InChI is InChI=1S/C17H26N2O/c1-13(14-7-3-4-8-14)19-17(20)16-10-6-5-9-15(16)11-12-18-2/h5-6,9-10,13-14,18H,3-4,7-8,11-12H2,1-2H3,(H,19,20)/t13-/m0/s1. The van der Waals surface area contributed by atoms with E-state index in [2.05, 4.69) is 17.6 Å². The molecule has 1 amide bonds. The van der Waals surface area contributed by atoms with Gasteiger partial charge in [0.1, 0.15) is 0 Å². The van der Waals surface area contributed by atoms with Gasteiger partial charge in [-0.1, -0.05) is 31.0 Å². The van der Waals surface area contributed by atoms with Gasteiger partial charge in [0.05, 0.1) is 0 Å². The maximum absolute atomic E-state index is 12.5. The second-order valence-electron chi connectivity index (χ2n) is 5.82. The lowest BCUT2D eigenvalue weighted by Gasteiger charge is -2.21. The Morgan fingerprint density at radius 2 is 2.00 bits per heavy atom. The molecule has 0 unspecified atom stereocenters. The topological polar surface area (TPSA) is 41.1 Å². The van der Waals surface area contributed by atoms with Crippen molar-refractivity contribution in [2.75, 3.05) is 13.6 Å². The third-order valence-electron chi connectivity index (χ3n) is 4.37. The molecule has 0 aromatic heterocycles. The van der Waals surface area contributed by atoms with Crippen molar-refractivity contribution < 1.29 is 4.79 Å². The number of rotatable bonds is 6. The van der Waals surface area contributed by atoms with Gasteiger partial charge in [-0.05, 0) is 57.3 Å². The van der Waals surface area contributed by atoms with Crippen LogP contribution in [0.25, 0.3) is 0 Å². The molecule has 20 heavy (non-hydrogen) atoms. The molecular formula is C17H26N2O. The molecule has 1 saturated carbocycles. The van der Waals surface area contributed by atoms with Crippen molar-refractivity contribution in [3.8, 4) is 0 Å². The van der Waals surface area contributed by atoms with Crippen LogP contribution < -0.4 is 10.6 Å². The fourth-order valence-electron chi connectivity index (χ4n) is 3.08. The van der Waals surface area contributed by atoms with E-state index in [0.29, 0.717) is 5.92 Å². The zero-order chi connectivity index (χ0) is 14.4. The monoisotopic (exact) mass is 274 g/mol. The van der Waals surface area contributed by atoms with E-state index in [0.717, 1.165) is 24.1 Å². The van der Waals surface area contributed by atoms with E-state index in [-0.39, 0.29) is 11.9 Å². The van der Waals surface area contributed by atoms with E-state index in [9.17, 15) is 4.79 Å². The Bertz CT molecular complexity index is 438. The van der Waals surface area contributed by atoms with Crippen LogP contribution in [-0.4, -0.2) is 25.5 Å². The first-order valence-corrected chi connectivity index (χ1v) is 7.75. The normalized spacial score (nSPS) is 17.1. The fourth-order valence-corrected chi connectivity index (χ4v) is 3.08. The van der Waals surface area contributed by atoms with Gasteiger partial charge in [0.2, 0.25) is 0 Å². The molecular weight excluding hydrogens is 248 g/mol. The molecule has 2 rings (SSSR count). The number of nitrogens with one attached hydrogen (secondary N) is 2. The van der Waals surface area contributed by atoms with Gasteiger partial charge in [-0.25, -0.2) is 0 Å². The first kappa shape index (κ1) is 15.0. The number of carbonyl (C=O) groups excluding carboxylic acids is 1. The summed E-state index contributed by atoms with van der Waals surface area (Å²) < 4.78 is 0. The Hall–Kier alpha value is -1.35. The maximum atomic E-state index is 12.5. The quantitative estimate of drug-likeness (QED) is 0.837. The average molecular weight is 274 g/mol. The molecule has 0 radical (unpaired) electrons. The minimum Gasteiger partial charge on any atom is -0.349 e. The van der Waals surface area contributed by atoms with Crippen LogP contribution in [0, 0.1) is 5.92 Å². The molecule has 1 aliphatic carbocycles. The van der Waals surface area contributed by atoms with Crippen molar-refractivity contribution in [2.45, 2.75) is 45.1 Å². The minimum absolute atomic E-state index is 0.0797. The molecule has 3 nitrogen and oxygen atoms in total. The van der Waals surface area contributed by atoms with Crippen LogP contribution in [0.1, 0.15) is 48.5 Å². The lowest BCUT2D eigenvalue weighted by Crippen LogP contribution is -2.37. The average Bonchev–Trinajstić information content (AvgIpc) is 2.99. The molecule has 1 aliphatic rings. The van der Waals surface area contributed by atoms with E-state index < -0.39 is 0 Å². The molecule has 110 valence electrons. The first-order valence-electron chi connectivity index (χ1n) is 7.75. The highest BCUT2D eigenvalue weighted by Crippen LogP contribution is 2.27. The van der Waals surface area contributed by atoms with Crippen LogP contribution in [-0.2, 0) is 6.42 Å². The second kappa shape index (κ2) is 7.44. The zero-order valence-corrected chi connectivity index (χ0v) is 12.6. The maximum Gasteiger partial charge on any atom is 0.251 e. The molecule has 3 heteroatoms. The van der Waals surface area contributed by atoms with E-state index >= 15 is 0 Å². The lowest BCUT2D eigenvalue weighted by molar-refractivity contribution is 0.0926. The molecule has 0 spiro atoms. The number of likely N-dealkylation sites (N-methyl/N-ethyl adjacent to an activating group) is 1. The van der Waals surface area contributed by atoms with E-state index in [1.54, 1.807) is 0 Å². The van der Waals surface area contributed by atoms with Crippen LogP contribution in [0.2, 0.25) is 0 Å². The summed E-state index contributed by atoms with van der Waals surface area (Å²) in [5.74, 6) is 0.736. The van der Waals surface area contributed by atoms with Crippen molar-refractivity contribution in [2.24, 2.45) is 5.92 Å². The lowest BCUT2D eigenvalue weighted by atomic mass is 9.98. The highest BCUT2D eigenvalue weighted by molar-refractivity contribution is 5.95. The summed E-state index contributed by atoms with van der Waals surface area (Å²) in [5, 5.41) is 6.33. The van der Waals surface area contributed by atoms with Crippen LogP contribution in [0.3, 0.4) is 0 Å². The van der Waals surface area contributed by atoms with Crippen LogP contribution >= 0.6 is 0 Å². The summed E-state index contributed by atoms with van der Waals surface area (Å²) in [4.78, 5) is 12.5. The molecule has 1 aromatic rings. The van der Waals surface area contributed by atoms with Gasteiger partial charge in [-0.2, -0.15) is 0 Å². The summed E-state index contributed by atoms with van der Waals surface area (Å²) >= 11 is 0. The Morgan fingerprint density at radius 1 is 1.30 bits per heavy atom. The summed E-state index contributed by atoms with van der Waals surface area (Å²) in [6.07, 6.45) is 6.01. The van der Waals surface area contributed by atoms with Crippen molar-refractivity contribution >= 4 is 5.91 Å². The van der Waals surface area contributed by atoms with Gasteiger partial charge in [0.25, 0.3) is 5.91 Å². The van der Waals surface area contributed by atoms with Crippen molar-refractivity contribution in [3.05, 3.63) is 35.4 Å². The van der Waals surface area contributed by atoms with E-state index in [1.165, 1.54) is 25.7 Å². The van der Waals surface area contributed by atoms with Crippen molar-refractivity contribution in [1.82, 2.24) is 10.6 Å². The SMILES string of the molecule is CNCCc1ccccc1C(=O)N[C@@H](C)C1CCCC1. The Balaban J connectivity index is 2.00. The summed E-state index contributed by atoms with van der Waals surface area (Å²) in [6.45, 7) is 3.03. The van der Waals surface area contributed by atoms with Gasteiger partial charge in [0.15, 0.2) is 0 Å². The fraction of sp³-hybridized carbons (Fsp3) is 0.588. The van der Waals surface area contributed by atoms with Gasteiger partial charge >= 0.3 is 0 Å². The van der Waals surface area contributed by atoms with Gasteiger partial charge in [-0.3, -0.25) is 4.79 Å². The smallest absolute Gasteiger partial charge is 0.251 e. The molecule has 0 heterocycles. The molecule has 0 saturated heterocycles. The van der Waals surface area contributed by atoms with Gasteiger partial charge in [-0.15, -0.1) is 0 Å². The molecule has 0 aliphatic heterocycles. The Kier molecular flexibility index (Phi) is 5.60. The zero-order valence-electron chi connectivity index (χ0n) is 12.6. The third-order valence-corrected chi connectivity index (χ3v) is 4.37. The summed E-state index contributed by atoms with van der Waals surface area (Å²) in [7, 11) is 1.94. The van der Waals surface area contributed by atoms with Crippen LogP contribution in [0.5, 0.6) is 0 Å². The Labute approximate surface area is 122 Å². The molecule has 0 bridgehead atoms. The van der Waals surface area contributed by atoms with Crippen LogP contribution in [0.15, 0.2) is 24.3 Å². The summed E-state index contributed by atoms with van der Waals surface area (Å²) in [6, 6.07) is 8.20. The molecule has 1 fully saturated rings. The largest absolute Gasteiger partial charge is 0.349 e. The van der Waals surface area contributed by atoms with Crippen molar-refractivity contribution in [1.29, 1.82) is 0 Å². The van der Waals surface area contributed by atoms with Gasteiger partial charge in [0, 0.05) is 11.6 Å². The number of benzene rings is 1. The summed E-state index contributed by atoms with van der Waals surface area (Å²) in [5.41, 5.74) is 1.95. The third kappa shape index (κ3) is 3.83. The number of hydrogen-bond donors (Lipinski definition) is 2. The second-order valence-corrected chi connectivity index (χ2v) is 5.82. The van der Waals surface area contributed by atoms with Crippen LogP contribution in [0.4, 0.5) is 0 Å². The molecule has 1 aromatic carbocycles.